The van der Waals surface area contributed by atoms with Gasteiger partial charge in [0.2, 0.25) is 0 Å². The molecule has 13 rings (SSSR count). The van der Waals surface area contributed by atoms with E-state index in [4.69, 9.17) is 8.83 Å². The first-order valence-corrected chi connectivity index (χ1v) is 22.7. The predicted octanol–water partition coefficient (Wildman–Crippen LogP) is 17.9. The normalized spacial score (nSPS) is 12.8. The molecule has 3 nitrogen and oxygen atoms in total. The van der Waals surface area contributed by atoms with Crippen LogP contribution in [0.25, 0.3) is 99.5 Å². The lowest BCUT2D eigenvalue weighted by Gasteiger charge is -2.28. The summed E-state index contributed by atoms with van der Waals surface area (Å²) in [6.07, 6.45) is 0. The molecule has 3 heteroatoms. The van der Waals surface area contributed by atoms with E-state index in [-0.39, 0.29) is 5.41 Å². The molecule has 0 unspecified atom stereocenters. The summed E-state index contributed by atoms with van der Waals surface area (Å²) >= 11 is 0. The van der Waals surface area contributed by atoms with Crippen molar-refractivity contribution in [3.63, 3.8) is 0 Å². The molecular weight excluding hydrogens is 803 g/mol. The van der Waals surface area contributed by atoms with E-state index in [9.17, 15) is 0 Å². The molecule has 2 aromatic heterocycles. The smallest absolute Gasteiger partial charge is 0.143 e. The van der Waals surface area contributed by atoms with Crippen molar-refractivity contribution in [2.45, 2.75) is 19.3 Å². The van der Waals surface area contributed by atoms with E-state index in [1.165, 1.54) is 44.5 Å². The highest BCUT2D eigenvalue weighted by Gasteiger charge is 2.35. The van der Waals surface area contributed by atoms with Crippen molar-refractivity contribution in [1.82, 2.24) is 0 Å². The fraction of sp³-hybridized carbons (Fsp3) is 0.0476. The summed E-state index contributed by atoms with van der Waals surface area (Å²) in [6.45, 7) is 4.69. The largest absolute Gasteiger partial charge is 0.456 e. The third-order valence-corrected chi connectivity index (χ3v) is 13.9. The van der Waals surface area contributed by atoms with Crippen molar-refractivity contribution >= 4 is 60.9 Å². The first-order chi connectivity index (χ1) is 32.4. The summed E-state index contributed by atoms with van der Waals surface area (Å²) in [7, 11) is 0. The molecule has 0 fully saturated rings. The number of anilines is 3. The van der Waals surface area contributed by atoms with Gasteiger partial charge in [0.15, 0.2) is 0 Å². The maximum absolute atomic E-state index is 6.34. The van der Waals surface area contributed by atoms with Crippen LogP contribution in [0.1, 0.15) is 25.0 Å². The van der Waals surface area contributed by atoms with Gasteiger partial charge in [0, 0.05) is 49.6 Å². The van der Waals surface area contributed by atoms with Crippen LogP contribution in [-0.2, 0) is 5.41 Å². The molecule has 0 saturated carbocycles. The minimum absolute atomic E-state index is 0.116. The van der Waals surface area contributed by atoms with Crippen LogP contribution in [0.15, 0.2) is 233 Å². The maximum Gasteiger partial charge on any atom is 0.143 e. The molecule has 1 aliphatic rings. The molecule has 0 atom stereocenters. The molecule has 0 bridgehead atoms. The Kier molecular flexibility index (Phi) is 8.56. The minimum atomic E-state index is -0.116. The first kappa shape index (κ1) is 38.1. The van der Waals surface area contributed by atoms with E-state index < -0.39 is 0 Å². The second kappa shape index (κ2) is 14.8. The quantitative estimate of drug-likeness (QED) is 0.160. The van der Waals surface area contributed by atoms with Gasteiger partial charge in [-0.25, -0.2) is 0 Å². The number of furan rings is 2. The Hall–Kier alpha value is -8.40. The van der Waals surface area contributed by atoms with Gasteiger partial charge >= 0.3 is 0 Å². The highest BCUT2D eigenvalue weighted by atomic mass is 16.3. The number of benzene rings is 10. The molecule has 0 aliphatic heterocycles. The average molecular weight is 846 g/mol. The highest BCUT2D eigenvalue weighted by molar-refractivity contribution is 6.10. The van der Waals surface area contributed by atoms with Crippen molar-refractivity contribution in [2.24, 2.45) is 0 Å². The molecule has 1 aliphatic carbocycles. The molecule has 12 aromatic rings. The van der Waals surface area contributed by atoms with Crippen molar-refractivity contribution in [2.75, 3.05) is 4.90 Å². The molecule has 2 heterocycles. The van der Waals surface area contributed by atoms with Gasteiger partial charge in [-0.15, -0.1) is 0 Å². The van der Waals surface area contributed by atoms with E-state index in [1.54, 1.807) is 0 Å². The molecular formula is C63H43NO2. The molecule has 66 heavy (non-hydrogen) atoms. The second-order valence-electron chi connectivity index (χ2n) is 18.1. The molecule has 0 amide bonds. The third kappa shape index (κ3) is 6.12. The molecule has 0 saturated heterocycles. The standard InChI is InChI=1S/C63H43NO2/c1-63(2)57-15-6-3-10-51(57)52-36-35-49(39-58(52)63)64(48-33-28-44(29-34-48)46-30-37-61-56(38-46)54-12-5-7-16-59(54)65-61)47-31-26-43(27-32-47)41-20-18-40(19-21-41)42-22-24-45(25-23-42)50-13-9-14-55-53-11-4-8-17-60(53)66-62(50)55/h3-39H,1-2H3. The average Bonchev–Trinajstić information content (AvgIpc) is 4.02. The van der Waals surface area contributed by atoms with E-state index in [2.05, 4.69) is 219 Å². The summed E-state index contributed by atoms with van der Waals surface area (Å²) in [5.41, 5.74) is 21.5. The van der Waals surface area contributed by atoms with Gasteiger partial charge in [-0.3, -0.25) is 0 Å². The van der Waals surface area contributed by atoms with Crippen LogP contribution < -0.4 is 4.90 Å². The van der Waals surface area contributed by atoms with Crippen LogP contribution in [0.2, 0.25) is 0 Å². The second-order valence-corrected chi connectivity index (χ2v) is 18.1. The number of hydrogen-bond donors (Lipinski definition) is 0. The molecule has 0 radical (unpaired) electrons. The lowest BCUT2D eigenvalue weighted by atomic mass is 9.82. The monoisotopic (exact) mass is 845 g/mol. The highest BCUT2D eigenvalue weighted by Crippen LogP contribution is 2.51. The Balaban J connectivity index is 0.815. The van der Waals surface area contributed by atoms with Crippen LogP contribution >= 0.6 is 0 Å². The lowest BCUT2D eigenvalue weighted by molar-refractivity contribution is 0.660. The molecule has 312 valence electrons. The van der Waals surface area contributed by atoms with E-state index in [0.717, 1.165) is 83.2 Å². The van der Waals surface area contributed by atoms with Gasteiger partial charge < -0.3 is 13.7 Å². The number of rotatable bonds is 7. The van der Waals surface area contributed by atoms with Crippen molar-refractivity contribution in [1.29, 1.82) is 0 Å². The Morgan fingerprint density at radius 1 is 0.303 bits per heavy atom. The summed E-state index contributed by atoms with van der Waals surface area (Å²) in [6, 6.07) is 81.0. The maximum atomic E-state index is 6.34. The van der Waals surface area contributed by atoms with E-state index >= 15 is 0 Å². The van der Waals surface area contributed by atoms with E-state index in [0.29, 0.717) is 0 Å². The molecule has 0 spiro atoms. The van der Waals surface area contributed by atoms with Gasteiger partial charge in [0.25, 0.3) is 0 Å². The Bertz CT molecular complexity index is 3810. The summed E-state index contributed by atoms with van der Waals surface area (Å²) < 4.78 is 12.5. The van der Waals surface area contributed by atoms with Crippen molar-refractivity contribution in [3.8, 4) is 55.6 Å². The zero-order valence-corrected chi connectivity index (χ0v) is 36.6. The number of nitrogens with zero attached hydrogens (tertiary/aromatic N) is 1. The lowest BCUT2D eigenvalue weighted by Crippen LogP contribution is -2.16. The SMILES string of the molecule is CC1(C)c2ccccc2-c2ccc(N(c3ccc(-c4ccc(-c5ccc(-c6cccc7c6oc6ccccc67)cc5)cc4)cc3)c3ccc(-c4ccc5oc6ccccc6c5c4)cc3)cc21. The summed E-state index contributed by atoms with van der Waals surface area (Å²) in [5, 5.41) is 4.56. The summed E-state index contributed by atoms with van der Waals surface area (Å²) in [4.78, 5) is 2.39. The Labute approximate surface area is 383 Å². The van der Waals surface area contributed by atoms with Gasteiger partial charge in [-0.1, -0.05) is 178 Å². The van der Waals surface area contributed by atoms with Crippen molar-refractivity contribution in [3.05, 3.63) is 236 Å². The zero-order valence-electron chi connectivity index (χ0n) is 36.6. The molecule has 0 N–H and O–H groups in total. The minimum Gasteiger partial charge on any atom is -0.456 e. The molecule has 10 aromatic carbocycles. The van der Waals surface area contributed by atoms with Crippen molar-refractivity contribution < 1.29 is 8.83 Å². The topological polar surface area (TPSA) is 29.5 Å². The van der Waals surface area contributed by atoms with Gasteiger partial charge in [0.1, 0.15) is 22.3 Å². The fourth-order valence-corrected chi connectivity index (χ4v) is 10.5. The predicted molar refractivity (Wildman–Crippen MR) is 275 cm³/mol. The number of hydrogen-bond acceptors (Lipinski definition) is 3. The zero-order chi connectivity index (χ0) is 43.9. The van der Waals surface area contributed by atoms with E-state index in [1.807, 2.05) is 24.3 Å². The number of para-hydroxylation sites is 3. The van der Waals surface area contributed by atoms with Crippen LogP contribution in [0.3, 0.4) is 0 Å². The van der Waals surface area contributed by atoms with Crippen LogP contribution in [-0.4, -0.2) is 0 Å². The van der Waals surface area contributed by atoms with Gasteiger partial charge in [-0.2, -0.15) is 0 Å². The fourth-order valence-electron chi connectivity index (χ4n) is 10.5. The first-order valence-electron chi connectivity index (χ1n) is 22.7. The Morgan fingerprint density at radius 2 is 0.758 bits per heavy atom. The van der Waals surface area contributed by atoms with Gasteiger partial charge in [-0.05, 0) is 122 Å². The third-order valence-electron chi connectivity index (χ3n) is 13.9. The number of fused-ring (bicyclic) bond motifs is 9. The summed E-state index contributed by atoms with van der Waals surface area (Å²) in [5.74, 6) is 0. The van der Waals surface area contributed by atoms with Crippen LogP contribution in [0.4, 0.5) is 17.1 Å². The van der Waals surface area contributed by atoms with Gasteiger partial charge in [0.05, 0.1) is 0 Å². The van der Waals surface area contributed by atoms with Crippen LogP contribution in [0, 0.1) is 0 Å². The van der Waals surface area contributed by atoms with Crippen LogP contribution in [0.5, 0.6) is 0 Å². The Morgan fingerprint density at radius 3 is 1.42 bits per heavy atom.